The summed E-state index contributed by atoms with van der Waals surface area (Å²) >= 11 is 3.75. The summed E-state index contributed by atoms with van der Waals surface area (Å²) in [5.74, 6) is 1.18. The molecule has 17 heavy (non-hydrogen) atoms. The molecule has 1 nitrogen and oxygen atoms in total. The summed E-state index contributed by atoms with van der Waals surface area (Å²) in [4.78, 5) is 2.76. The first kappa shape index (κ1) is 12.7. The average Bonchev–Trinajstić information content (AvgIpc) is 2.85. The fraction of sp³-hybridized carbons (Fsp3) is 0.286. The zero-order valence-corrected chi connectivity index (χ0v) is 11.6. The summed E-state index contributed by atoms with van der Waals surface area (Å²) in [5, 5.41) is 3.46. The molecule has 0 unspecified atom stereocenters. The van der Waals surface area contributed by atoms with Crippen LogP contribution in [0.5, 0.6) is 0 Å². The summed E-state index contributed by atoms with van der Waals surface area (Å²) in [6, 6.07) is 15.0. The first-order chi connectivity index (χ1) is 8.40. The van der Waals surface area contributed by atoms with Gasteiger partial charge in [-0.25, -0.2) is 0 Å². The Hall–Kier alpha value is -0.770. The van der Waals surface area contributed by atoms with E-state index in [1.54, 1.807) is 0 Å². The summed E-state index contributed by atoms with van der Waals surface area (Å²) < 4.78 is 0. The van der Waals surface area contributed by atoms with Crippen molar-refractivity contribution < 1.29 is 0 Å². The normalized spacial score (nSPS) is 10.6. The highest BCUT2D eigenvalue weighted by molar-refractivity contribution is 7.98. The Morgan fingerprint density at radius 1 is 1.12 bits per heavy atom. The molecule has 0 bridgehead atoms. The maximum Gasteiger partial charge on any atom is 0.0346 e. The number of thiophene rings is 1. The van der Waals surface area contributed by atoms with E-state index in [4.69, 9.17) is 0 Å². The van der Waals surface area contributed by atoms with E-state index in [0.29, 0.717) is 0 Å². The summed E-state index contributed by atoms with van der Waals surface area (Å²) in [5.41, 5.74) is 1.31. The molecule has 0 aliphatic rings. The lowest BCUT2D eigenvalue weighted by molar-refractivity contribution is 0.741. The van der Waals surface area contributed by atoms with E-state index in [2.05, 4.69) is 54.0 Å². The van der Waals surface area contributed by atoms with Gasteiger partial charge < -0.3 is 5.32 Å². The molecular formula is C14H17NS2. The van der Waals surface area contributed by atoms with Crippen molar-refractivity contribution in [1.82, 2.24) is 5.32 Å². The highest BCUT2D eigenvalue weighted by Crippen LogP contribution is 2.27. The van der Waals surface area contributed by atoms with Crippen molar-refractivity contribution in [3.8, 4) is 10.4 Å². The van der Waals surface area contributed by atoms with Crippen LogP contribution in [0.4, 0.5) is 0 Å². The number of hydrogen-bond acceptors (Lipinski definition) is 3. The predicted molar refractivity (Wildman–Crippen MR) is 79.8 cm³/mol. The Morgan fingerprint density at radius 3 is 2.71 bits per heavy atom. The van der Waals surface area contributed by atoms with Crippen LogP contribution in [0.3, 0.4) is 0 Å². The zero-order valence-electron chi connectivity index (χ0n) is 9.98. The fourth-order valence-corrected chi connectivity index (χ4v) is 2.95. The van der Waals surface area contributed by atoms with Crippen LogP contribution in [-0.4, -0.2) is 18.6 Å². The van der Waals surface area contributed by atoms with Crippen LogP contribution in [0.25, 0.3) is 10.4 Å². The molecule has 3 heteroatoms. The van der Waals surface area contributed by atoms with Gasteiger partial charge in [-0.1, -0.05) is 30.3 Å². The molecule has 1 heterocycles. The second-order valence-electron chi connectivity index (χ2n) is 3.80. The monoisotopic (exact) mass is 263 g/mol. The molecule has 0 spiro atoms. The van der Waals surface area contributed by atoms with Gasteiger partial charge in [0, 0.05) is 28.6 Å². The molecule has 0 saturated carbocycles. The Kier molecular flexibility index (Phi) is 5.10. The minimum atomic E-state index is 0.984. The van der Waals surface area contributed by atoms with Crippen molar-refractivity contribution in [1.29, 1.82) is 0 Å². The number of hydrogen-bond donors (Lipinski definition) is 1. The smallest absolute Gasteiger partial charge is 0.0346 e. The number of benzene rings is 1. The van der Waals surface area contributed by atoms with E-state index in [9.17, 15) is 0 Å². The maximum absolute atomic E-state index is 3.46. The van der Waals surface area contributed by atoms with Crippen LogP contribution in [0.15, 0.2) is 42.5 Å². The largest absolute Gasteiger partial charge is 0.311 e. The van der Waals surface area contributed by atoms with E-state index < -0.39 is 0 Å². The minimum Gasteiger partial charge on any atom is -0.311 e. The van der Waals surface area contributed by atoms with E-state index in [-0.39, 0.29) is 0 Å². The maximum atomic E-state index is 3.46. The number of rotatable bonds is 6. The van der Waals surface area contributed by atoms with Crippen molar-refractivity contribution in [2.75, 3.05) is 18.6 Å². The Labute approximate surface area is 111 Å². The molecule has 2 rings (SSSR count). The van der Waals surface area contributed by atoms with Crippen LogP contribution in [-0.2, 0) is 6.54 Å². The standard InChI is InChI=1S/C14H17NS2/c1-16-10-9-15-11-13-7-8-14(17-13)12-5-3-2-4-6-12/h2-8,15H,9-11H2,1H3. The Bertz CT molecular complexity index is 436. The van der Waals surface area contributed by atoms with Crippen molar-refractivity contribution in [3.05, 3.63) is 47.3 Å². The van der Waals surface area contributed by atoms with Gasteiger partial charge in [0.25, 0.3) is 0 Å². The molecule has 1 aromatic heterocycles. The lowest BCUT2D eigenvalue weighted by Gasteiger charge is -2.00. The van der Waals surface area contributed by atoms with Crippen molar-refractivity contribution in [2.45, 2.75) is 6.54 Å². The SMILES string of the molecule is CSCCNCc1ccc(-c2ccccc2)s1. The molecule has 0 atom stereocenters. The van der Waals surface area contributed by atoms with Gasteiger partial charge in [0.15, 0.2) is 0 Å². The summed E-state index contributed by atoms with van der Waals surface area (Å²) in [7, 11) is 0. The molecule has 0 amide bonds. The van der Waals surface area contributed by atoms with Crippen LogP contribution < -0.4 is 5.32 Å². The third kappa shape index (κ3) is 3.87. The van der Waals surface area contributed by atoms with Crippen molar-refractivity contribution in [3.63, 3.8) is 0 Å². The van der Waals surface area contributed by atoms with Crippen LogP contribution in [0.2, 0.25) is 0 Å². The van der Waals surface area contributed by atoms with E-state index in [1.807, 2.05) is 23.1 Å². The topological polar surface area (TPSA) is 12.0 Å². The predicted octanol–water partition coefficient (Wildman–Crippen LogP) is 3.87. The second-order valence-corrected chi connectivity index (χ2v) is 5.96. The van der Waals surface area contributed by atoms with Crippen LogP contribution >= 0.6 is 23.1 Å². The molecule has 0 radical (unpaired) electrons. The molecule has 1 N–H and O–H groups in total. The number of nitrogens with one attached hydrogen (secondary N) is 1. The number of thioether (sulfide) groups is 1. The highest BCUT2D eigenvalue weighted by Gasteiger charge is 2.01. The van der Waals surface area contributed by atoms with Crippen molar-refractivity contribution in [2.24, 2.45) is 0 Å². The fourth-order valence-electron chi connectivity index (χ4n) is 1.62. The van der Waals surface area contributed by atoms with Gasteiger partial charge in [-0.2, -0.15) is 11.8 Å². The summed E-state index contributed by atoms with van der Waals surface area (Å²) in [6.45, 7) is 2.07. The lowest BCUT2D eigenvalue weighted by atomic mass is 10.2. The molecule has 1 aromatic carbocycles. The first-order valence-corrected chi connectivity index (χ1v) is 7.95. The first-order valence-electron chi connectivity index (χ1n) is 5.74. The van der Waals surface area contributed by atoms with Crippen molar-refractivity contribution >= 4 is 23.1 Å². The zero-order chi connectivity index (χ0) is 11.9. The third-order valence-corrected chi connectivity index (χ3v) is 4.25. The van der Waals surface area contributed by atoms with Gasteiger partial charge in [0.1, 0.15) is 0 Å². The van der Waals surface area contributed by atoms with Crippen LogP contribution in [0.1, 0.15) is 4.88 Å². The van der Waals surface area contributed by atoms with Gasteiger partial charge >= 0.3 is 0 Å². The Morgan fingerprint density at radius 2 is 1.94 bits per heavy atom. The van der Waals surface area contributed by atoms with Gasteiger partial charge in [0.05, 0.1) is 0 Å². The molecule has 2 aromatic rings. The average molecular weight is 263 g/mol. The molecule has 90 valence electrons. The van der Waals surface area contributed by atoms with Gasteiger partial charge in [-0.15, -0.1) is 11.3 Å². The quantitative estimate of drug-likeness (QED) is 0.794. The lowest BCUT2D eigenvalue weighted by Crippen LogP contribution is -2.15. The van der Waals surface area contributed by atoms with Gasteiger partial charge in [-0.3, -0.25) is 0 Å². The minimum absolute atomic E-state index is 0.984. The van der Waals surface area contributed by atoms with E-state index in [0.717, 1.165) is 13.1 Å². The van der Waals surface area contributed by atoms with E-state index in [1.165, 1.54) is 21.1 Å². The molecule has 0 saturated heterocycles. The molecular weight excluding hydrogens is 246 g/mol. The highest BCUT2D eigenvalue weighted by atomic mass is 32.2. The van der Waals surface area contributed by atoms with Gasteiger partial charge in [0.2, 0.25) is 0 Å². The van der Waals surface area contributed by atoms with E-state index >= 15 is 0 Å². The second kappa shape index (κ2) is 6.84. The third-order valence-electron chi connectivity index (χ3n) is 2.50. The van der Waals surface area contributed by atoms with Gasteiger partial charge in [-0.05, 0) is 24.0 Å². The van der Waals surface area contributed by atoms with Crippen LogP contribution in [0, 0.1) is 0 Å². The molecule has 0 fully saturated rings. The molecule has 0 aliphatic carbocycles. The Balaban J connectivity index is 1.92. The molecule has 0 aliphatic heterocycles. The summed E-state index contributed by atoms with van der Waals surface area (Å²) in [6.07, 6.45) is 2.14.